The molecular weight excluding hydrogens is 412 g/mol. The zero-order chi connectivity index (χ0) is 22.5. The minimum Gasteiger partial charge on any atom is -0.352 e. The zero-order valence-corrected chi connectivity index (χ0v) is 19.0. The lowest BCUT2D eigenvalue weighted by Gasteiger charge is -2.51. The zero-order valence-electron chi connectivity index (χ0n) is 18.2. The van der Waals surface area contributed by atoms with Crippen molar-refractivity contribution in [3.8, 4) is 0 Å². The Morgan fingerprint density at radius 3 is 2.33 bits per heavy atom. The molecule has 0 aromatic carbocycles. The molecule has 11 heteroatoms. The first-order chi connectivity index (χ1) is 13.9. The van der Waals surface area contributed by atoms with Crippen LogP contribution in [0.2, 0.25) is 0 Å². The van der Waals surface area contributed by atoms with E-state index >= 15 is 0 Å². The smallest absolute Gasteiger partial charge is 0.294 e. The Balaban J connectivity index is 2.04. The summed E-state index contributed by atoms with van der Waals surface area (Å²) in [6.45, 7) is 7.18. The number of rotatable bonds is 8. The van der Waals surface area contributed by atoms with Gasteiger partial charge in [-0.25, -0.2) is 0 Å². The Labute approximate surface area is 181 Å². The first-order valence-electron chi connectivity index (χ1n) is 10.4. The molecule has 0 aromatic rings. The van der Waals surface area contributed by atoms with E-state index in [1.54, 1.807) is 0 Å². The Morgan fingerprint density at radius 1 is 1.23 bits per heavy atom. The molecule has 2 fully saturated rings. The highest BCUT2D eigenvalue weighted by molar-refractivity contribution is 7.99. The van der Waals surface area contributed by atoms with Gasteiger partial charge in [0.15, 0.2) is 0 Å². The number of carbonyl (C=O) groups is 2. The summed E-state index contributed by atoms with van der Waals surface area (Å²) >= 11 is 1.84. The highest BCUT2D eigenvalue weighted by atomic mass is 32.2. The molecule has 2 rings (SSSR count). The Hall–Kier alpha value is -1.59. The van der Waals surface area contributed by atoms with Gasteiger partial charge in [0.2, 0.25) is 11.8 Å². The number of hydrogen-bond acceptors (Lipinski definition) is 8. The fourth-order valence-corrected chi connectivity index (χ4v) is 5.51. The van der Waals surface area contributed by atoms with Crippen molar-refractivity contribution in [1.82, 2.24) is 15.7 Å². The first-order valence-corrected chi connectivity index (χ1v) is 11.5. The van der Waals surface area contributed by atoms with Crippen LogP contribution in [0.1, 0.15) is 59.8 Å². The third-order valence-corrected chi connectivity index (χ3v) is 6.86. The topological polar surface area (TPSA) is 134 Å². The third-order valence-electron chi connectivity index (χ3n) is 5.81. The van der Waals surface area contributed by atoms with Crippen LogP contribution in [0, 0.1) is 16.0 Å². The summed E-state index contributed by atoms with van der Waals surface area (Å²) in [6.07, 6.45) is 2.59. The van der Waals surface area contributed by atoms with Gasteiger partial charge in [-0.15, -0.1) is 10.1 Å². The van der Waals surface area contributed by atoms with Crippen molar-refractivity contribution in [2.75, 3.05) is 18.1 Å². The molecule has 0 aliphatic carbocycles. The molecule has 1 unspecified atom stereocenters. The van der Waals surface area contributed by atoms with E-state index in [1.165, 1.54) is 5.06 Å². The van der Waals surface area contributed by atoms with Crippen molar-refractivity contribution in [2.24, 2.45) is 5.92 Å². The van der Waals surface area contributed by atoms with Crippen LogP contribution in [0.4, 0.5) is 0 Å². The van der Waals surface area contributed by atoms with Crippen LogP contribution >= 0.6 is 11.8 Å². The summed E-state index contributed by atoms with van der Waals surface area (Å²) in [5.74, 6) is 0.915. The van der Waals surface area contributed by atoms with Crippen molar-refractivity contribution >= 4 is 23.6 Å². The molecule has 0 radical (unpaired) electrons. The number of amides is 2. The maximum atomic E-state index is 13.0. The second-order valence-corrected chi connectivity index (χ2v) is 10.6. The predicted molar refractivity (Wildman–Crippen MR) is 112 cm³/mol. The number of nitrogens with one attached hydrogen (secondary N) is 2. The second kappa shape index (κ2) is 10.1. The standard InChI is InChI=1S/C19H34N4O6S/c1-18(2)11-13(12-19(3,4)22(18)26)16(24)21-15(5-8-29-23(27)28)17(25)20-14-6-9-30-10-7-14/h13-15,26H,5-12H2,1-4H3,(H,20,25)(H,21,24). The van der Waals surface area contributed by atoms with Crippen LogP contribution in [-0.2, 0) is 14.4 Å². The summed E-state index contributed by atoms with van der Waals surface area (Å²) in [5.41, 5.74) is -1.20. The molecule has 0 spiro atoms. The molecule has 0 aromatic heterocycles. The number of hydrogen-bond donors (Lipinski definition) is 3. The molecule has 30 heavy (non-hydrogen) atoms. The lowest BCUT2D eigenvalue weighted by molar-refractivity contribution is -0.757. The van der Waals surface area contributed by atoms with E-state index < -0.39 is 28.1 Å². The molecule has 2 saturated heterocycles. The molecule has 10 nitrogen and oxygen atoms in total. The molecule has 2 amide bonds. The van der Waals surface area contributed by atoms with Crippen molar-refractivity contribution in [3.63, 3.8) is 0 Å². The fourth-order valence-electron chi connectivity index (χ4n) is 4.40. The van der Waals surface area contributed by atoms with E-state index in [0.717, 1.165) is 24.3 Å². The van der Waals surface area contributed by atoms with E-state index in [2.05, 4.69) is 15.5 Å². The highest BCUT2D eigenvalue weighted by Crippen LogP contribution is 2.40. The quantitative estimate of drug-likeness (QED) is 0.379. The van der Waals surface area contributed by atoms with Gasteiger partial charge in [0.05, 0.1) is 6.61 Å². The van der Waals surface area contributed by atoms with Gasteiger partial charge in [0, 0.05) is 29.5 Å². The van der Waals surface area contributed by atoms with Crippen LogP contribution in [-0.4, -0.2) is 68.4 Å². The van der Waals surface area contributed by atoms with Gasteiger partial charge < -0.3 is 20.7 Å². The Morgan fingerprint density at radius 2 is 1.80 bits per heavy atom. The van der Waals surface area contributed by atoms with E-state index in [-0.39, 0.29) is 30.9 Å². The molecule has 2 heterocycles. The lowest BCUT2D eigenvalue weighted by atomic mass is 9.75. The fraction of sp³-hybridized carbons (Fsp3) is 0.895. The highest BCUT2D eigenvalue weighted by Gasteiger charge is 2.47. The molecule has 172 valence electrons. The average Bonchev–Trinajstić information content (AvgIpc) is 2.65. The molecule has 0 bridgehead atoms. The molecule has 1 atom stereocenters. The summed E-state index contributed by atoms with van der Waals surface area (Å²) in [7, 11) is 0. The molecule has 0 saturated carbocycles. The van der Waals surface area contributed by atoms with Gasteiger partial charge in [-0.2, -0.15) is 16.8 Å². The number of nitrogens with zero attached hydrogens (tertiary/aromatic N) is 2. The minimum absolute atomic E-state index is 0.00561. The number of thioether (sulfide) groups is 1. The van der Waals surface area contributed by atoms with Crippen molar-refractivity contribution in [3.05, 3.63) is 10.1 Å². The largest absolute Gasteiger partial charge is 0.352 e. The Bertz CT molecular complexity index is 621. The normalized spacial score (nSPS) is 23.4. The van der Waals surface area contributed by atoms with Gasteiger partial charge in [0.1, 0.15) is 6.04 Å². The summed E-state index contributed by atoms with van der Waals surface area (Å²) < 4.78 is 0. The van der Waals surface area contributed by atoms with Crippen molar-refractivity contribution < 1.29 is 24.7 Å². The maximum Gasteiger partial charge on any atom is 0.294 e. The van der Waals surface area contributed by atoms with Crippen LogP contribution in [0.3, 0.4) is 0 Å². The number of carbonyl (C=O) groups excluding carboxylic acids is 2. The molecular formula is C19H34N4O6S. The maximum absolute atomic E-state index is 13.0. The van der Waals surface area contributed by atoms with Crippen LogP contribution in [0.15, 0.2) is 0 Å². The van der Waals surface area contributed by atoms with Crippen LogP contribution in [0.5, 0.6) is 0 Å². The van der Waals surface area contributed by atoms with Crippen molar-refractivity contribution in [2.45, 2.75) is 83.0 Å². The van der Waals surface area contributed by atoms with E-state index in [0.29, 0.717) is 12.8 Å². The summed E-state index contributed by atoms with van der Waals surface area (Å²) in [6, 6.07) is -0.865. The molecule has 2 aliphatic heterocycles. The SMILES string of the molecule is CC1(C)CC(C(=O)NC(CCO[N+](=O)[O-])C(=O)NC2CCSCC2)CC(C)(C)N1O. The van der Waals surface area contributed by atoms with Crippen molar-refractivity contribution in [1.29, 1.82) is 0 Å². The summed E-state index contributed by atoms with van der Waals surface area (Å²) in [5, 5.41) is 27.0. The van der Waals surface area contributed by atoms with E-state index in [1.807, 2.05) is 39.5 Å². The second-order valence-electron chi connectivity index (χ2n) is 9.34. The monoisotopic (exact) mass is 446 g/mol. The third kappa shape index (κ3) is 6.71. The van der Waals surface area contributed by atoms with Crippen LogP contribution < -0.4 is 10.6 Å². The van der Waals surface area contributed by atoms with Gasteiger partial charge in [-0.1, -0.05) is 0 Å². The van der Waals surface area contributed by atoms with Gasteiger partial charge in [-0.3, -0.25) is 9.59 Å². The number of hydroxylamine groups is 2. The van der Waals surface area contributed by atoms with E-state index in [9.17, 15) is 24.9 Å². The first kappa shape index (κ1) is 24.7. The van der Waals surface area contributed by atoms with Gasteiger partial charge >= 0.3 is 0 Å². The van der Waals surface area contributed by atoms with Gasteiger partial charge in [-0.05, 0) is 64.9 Å². The summed E-state index contributed by atoms with van der Waals surface area (Å²) in [4.78, 5) is 40.7. The predicted octanol–water partition coefficient (Wildman–Crippen LogP) is 1.74. The average molecular weight is 447 g/mol. The lowest BCUT2D eigenvalue weighted by Crippen LogP contribution is -2.61. The molecule has 3 N–H and O–H groups in total. The van der Waals surface area contributed by atoms with E-state index in [4.69, 9.17) is 0 Å². The molecule has 2 aliphatic rings. The Kier molecular flexibility index (Phi) is 8.35. The number of piperidine rings is 1. The van der Waals surface area contributed by atoms with Gasteiger partial charge in [0.25, 0.3) is 5.09 Å². The van der Waals surface area contributed by atoms with Crippen LogP contribution in [0.25, 0.3) is 0 Å². The minimum atomic E-state index is -0.912.